The van der Waals surface area contributed by atoms with Crippen LogP contribution in [0.4, 0.5) is 0 Å². The molecule has 110 valence electrons. The third kappa shape index (κ3) is 4.43. The highest BCUT2D eigenvalue weighted by atomic mass is 35.5. The Bertz CT molecular complexity index is 617. The van der Waals surface area contributed by atoms with E-state index in [0.29, 0.717) is 29.6 Å². The molecule has 0 spiro atoms. The minimum Gasteiger partial charge on any atom is -0.492 e. The van der Waals surface area contributed by atoms with E-state index >= 15 is 0 Å². The average molecular weight is 306 g/mol. The summed E-state index contributed by atoms with van der Waals surface area (Å²) in [5, 5.41) is 0.617. The molecule has 1 heterocycles. The topological polar surface area (TPSA) is 55.3 Å². The van der Waals surface area contributed by atoms with Gasteiger partial charge >= 0.3 is 0 Å². The molecule has 0 radical (unpaired) electrons. The predicted molar refractivity (Wildman–Crippen MR) is 80.7 cm³/mol. The van der Waals surface area contributed by atoms with Gasteiger partial charge < -0.3 is 9.64 Å². The Morgan fingerprint density at radius 1 is 1.33 bits per heavy atom. The van der Waals surface area contributed by atoms with Gasteiger partial charge in [0.05, 0.1) is 18.4 Å². The molecule has 0 aliphatic rings. The van der Waals surface area contributed by atoms with Crippen LogP contribution in [0, 0.1) is 6.92 Å². The maximum absolute atomic E-state index is 12.1. The number of hydrogen-bond donors (Lipinski definition) is 0. The van der Waals surface area contributed by atoms with Crippen LogP contribution in [-0.2, 0) is 0 Å². The van der Waals surface area contributed by atoms with E-state index in [1.165, 1.54) is 6.20 Å². The number of halogens is 1. The summed E-state index contributed by atoms with van der Waals surface area (Å²) in [4.78, 5) is 21.8. The fourth-order valence-corrected chi connectivity index (χ4v) is 1.84. The van der Waals surface area contributed by atoms with Crippen molar-refractivity contribution in [2.45, 2.75) is 6.92 Å². The fourth-order valence-electron chi connectivity index (χ4n) is 1.66. The van der Waals surface area contributed by atoms with E-state index in [4.69, 9.17) is 16.3 Å². The van der Waals surface area contributed by atoms with Crippen LogP contribution in [0.15, 0.2) is 36.7 Å². The highest BCUT2D eigenvalue weighted by molar-refractivity contribution is 6.30. The lowest BCUT2D eigenvalue weighted by Crippen LogP contribution is -2.31. The van der Waals surface area contributed by atoms with Crippen LogP contribution in [0.3, 0.4) is 0 Å². The minimum absolute atomic E-state index is 0.183. The number of hydrogen-bond acceptors (Lipinski definition) is 4. The number of benzene rings is 1. The zero-order chi connectivity index (χ0) is 15.2. The zero-order valence-electron chi connectivity index (χ0n) is 11.9. The van der Waals surface area contributed by atoms with Crippen LogP contribution in [0.2, 0.25) is 5.02 Å². The monoisotopic (exact) mass is 305 g/mol. The number of likely N-dealkylation sites (N-methyl/N-ethyl adjacent to an activating group) is 1. The smallest absolute Gasteiger partial charge is 0.273 e. The highest BCUT2D eigenvalue weighted by Gasteiger charge is 2.13. The van der Waals surface area contributed by atoms with Crippen molar-refractivity contribution >= 4 is 17.5 Å². The molecule has 0 saturated carbocycles. The number of nitrogens with zero attached hydrogens (tertiary/aromatic N) is 3. The van der Waals surface area contributed by atoms with E-state index < -0.39 is 0 Å². The van der Waals surface area contributed by atoms with E-state index in [0.717, 1.165) is 5.69 Å². The molecule has 0 saturated heterocycles. The van der Waals surface area contributed by atoms with Crippen LogP contribution in [0.5, 0.6) is 5.75 Å². The lowest BCUT2D eigenvalue weighted by Gasteiger charge is -2.17. The number of rotatable bonds is 5. The molecule has 1 amide bonds. The summed E-state index contributed by atoms with van der Waals surface area (Å²) in [6, 6.07) is 7.14. The van der Waals surface area contributed by atoms with Crippen LogP contribution in [0.25, 0.3) is 0 Å². The van der Waals surface area contributed by atoms with Gasteiger partial charge in [-0.3, -0.25) is 9.78 Å². The summed E-state index contributed by atoms with van der Waals surface area (Å²) in [5.74, 6) is 0.496. The number of ether oxygens (including phenoxy) is 1. The molecule has 6 heteroatoms. The third-order valence-corrected chi connectivity index (χ3v) is 3.07. The molecule has 1 aromatic heterocycles. The van der Waals surface area contributed by atoms with Crippen molar-refractivity contribution in [1.82, 2.24) is 14.9 Å². The van der Waals surface area contributed by atoms with Crippen molar-refractivity contribution in [2.75, 3.05) is 20.2 Å². The van der Waals surface area contributed by atoms with Gasteiger partial charge in [0.1, 0.15) is 18.1 Å². The van der Waals surface area contributed by atoms with Gasteiger partial charge in [0.2, 0.25) is 0 Å². The van der Waals surface area contributed by atoms with Gasteiger partial charge in [-0.25, -0.2) is 4.98 Å². The number of carbonyl (C=O) groups excluding carboxylic acids is 1. The summed E-state index contributed by atoms with van der Waals surface area (Å²) < 4.78 is 5.55. The zero-order valence-corrected chi connectivity index (χ0v) is 12.7. The maximum Gasteiger partial charge on any atom is 0.273 e. The van der Waals surface area contributed by atoms with E-state index in [1.807, 2.05) is 19.1 Å². The Labute approximate surface area is 128 Å². The first kappa shape index (κ1) is 15.3. The number of carbonyl (C=O) groups is 1. The van der Waals surface area contributed by atoms with Crippen molar-refractivity contribution in [3.63, 3.8) is 0 Å². The lowest BCUT2D eigenvalue weighted by atomic mass is 10.3. The second-order valence-electron chi connectivity index (χ2n) is 4.58. The van der Waals surface area contributed by atoms with Gasteiger partial charge in [-0.05, 0) is 25.1 Å². The fraction of sp³-hybridized carbons (Fsp3) is 0.267. The molecule has 0 aliphatic heterocycles. The molecule has 5 nitrogen and oxygen atoms in total. The molecule has 21 heavy (non-hydrogen) atoms. The molecule has 0 fully saturated rings. The molecule has 2 aromatic rings. The Morgan fingerprint density at radius 3 is 2.81 bits per heavy atom. The molecular formula is C15H16ClN3O2. The van der Waals surface area contributed by atoms with Gasteiger partial charge in [0.25, 0.3) is 5.91 Å². The van der Waals surface area contributed by atoms with Gasteiger partial charge in [0, 0.05) is 18.3 Å². The molecule has 0 aliphatic carbocycles. The van der Waals surface area contributed by atoms with E-state index in [9.17, 15) is 4.79 Å². The molecular weight excluding hydrogens is 290 g/mol. The maximum atomic E-state index is 12.1. The second kappa shape index (κ2) is 7.04. The Morgan fingerprint density at radius 2 is 2.14 bits per heavy atom. The SMILES string of the molecule is Cc1cnc(C(=O)N(C)CCOc2cccc(Cl)c2)cn1. The Hall–Kier alpha value is -2.14. The number of aryl methyl sites for hydroxylation is 1. The summed E-state index contributed by atoms with van der Waals surface area (Å²) >= 11 is 5.87. The van der Waals surface area contributed by atoms with Crippen molar-refractivity contribution in [1.29, 1.82) is 0 Å². The van der Waals surface area contributed by atoms with Crippen LogP contribution >= 0.6 is 11.6 Å². The van der Waals surface area contributed by atoms with Crippen molar-refractivity contribution in [3.8, 4) is 5.75 Å². The molecule has 1 aromatic carbocycles. The van der Waals surface area contributed by atoms with Crippen molar-refractivity contribution < 1.29 is 9.53 Å². The van der Waals surface area contributed by atoms with Gasteiger partial charge in [-0.2, -0.15) is 0 Å². The first-order valence-corrected chi connectivity index (χ1v) is 6.86. The predicted octanol–water partition coefficient (Wildman–Crippen LogP) is 2.59. The normalized spacial score (nSPS) is 10.2. The second-order valence-corrected chi connectivity index (χ2v) is 5.01. The van der Waals surface area contributed by atoms with Crippen LogP contribution in [-0.4, -0.2) is 41.0 Å². The Balaban J connectivity index is 1.85. The summed E-state index contributed by atoms with van der Waals surface area (Å²) in [7, 11) is 1.70. The third-order valence-electron chi connectivity index (χ3n) is 2.84. The number of amides is 1. The lowest BCUT2D eigenvalue weighted by molar-refractivity contribution is 0.0767. The number of aromatic nitrogens is 2. The highest BCUT2D eigenvalue weighted by Crippen LogP contribution is 2.16. The van der Waals surface area contributed by atoms with Gasteiger partial charge in [-0.1, -0.05) is 17.7 Å². The van der Waals surface area contributed by atoms with Crippen LogP contribution < -0.4 is 4.74 Å². The summed E-state index contributed by atoms with van der Waals surface area (Å²) in [6.45, 7) is 2.65. The quantitative estimate of drug-likeness (QED) is 0.852. The van der Waals surface area contributed by atoms with E-state index in [-0.39, 0.29) is 5.91 Å². The van der Waals surface area contributed by atoms with Crippen LogP contribution in [0.1, 0.15) is 16.2 Å². The first-order chi connectivity index (χ1) is 10.1. The molecule has 0 unspecified atom stereocenters. The average Bonchev–Trinajstić information content (AvgIpc) is 2.47. The van der Waals surface area contributed by atoms with E-state index in [2.05, 4.69) is 9.97 Å². The summed E-state index contributed by atoms with van der Waals surface area (Å²) in [5.41, 5.74) is 1.10. The largest absolute Gasteiger partial charge is 0.492 e. The van der Waals surface area contributed by atoms with Gasteiger partial charge in [0.15, 0.2) is 0 Å². The van der Waals surface area contributed by atoms with Crippen molar-refractivity contribution in [3.05, 3.63) is 53.1 Å². The van der Waals surface area contributed by atoms with E-state index in [1.54, 1.807) is 30.3 Å². The molecule has 0 N–H and O–H groups in total. The molecule has 0 atom stereocenters. The molecule has 2 rings (SSSR count). The summed E-state index contributed by atoms with van der Waals surface area (Å²) in [6.07, 6.45) is 3.05. The Kier molecular flexibility index (Phi) is 5.11. The van der Waals surface area contributed by atoms with Gasteiger partial charge in [-0.15, -0.1) is 0 Å². The standard InChI is InChI=1S/C15H16ClN3O2/c1-11-9-18-14(10-17-11)15(20)19(2)6-7-21-13-5-3-4-12(16)8-13/h3-5,8-10H,6-7H2,1-2H3. The minimum atomic E-state index is -0.183. The first-order valence-electron chi connectivity index (χ1n) is 6.49. The molecule has 0 bridgehead atoms. The van der Waals surface area contributed by atoms with Crippen molar-refractivity contribution in [2.24, 2.45) is 0 Å².